The van der Waals surface area contributed by atoms with Crippen LogP contribution in [-0.4, -0.2) is 58.8 Å². The highest BCUT2D eigenvalue weighted by molar-refractivity contribution is 5.69. The number of unbranched alkanes of at least 4 members (excludes halogenated alkanes) is 16. The van der Waals surface area contributed by atoms with Gasteiger partial charge in [0.25, 0.3) is 0 Å². The summed E-state index contributed by atoms with van der Waals surface area (Å²) in [4.78, 5) is 23.9. The van der Waals surface area contributed by atoms with E-state index in [1.165, 1.54) is 38.5 Å². The van der Waals surface area contributed by atoms with Gasteiger partial charge in [0, 0.05) is 12.8 Å². The summed E-state index contributed by atoms with van der Waals surface area (Å²) in [7, 11) is 0. The van der Waals surface area contributed by atoms with Gasteiger partial charge < -0.3 is 24.8 Å². The van der Waals surface area contributed by atoms with Crippen LogP contribution in [0.5, 0.6) is 0 Å². The molecule has 0 aromatic carbocycles. The number of hydrogen-bond acceptors (Lipinski definition) is 7. The van der Waals surface area contributed by atoms with Crippen LogP contribution in [0.25, 0.3) is 0 Å². The Balaban J connectivity index is 3.54. The van der Waals surface area contributed by atoms with Crippen molar-refractivity contribution in [2.75, 3.05) is 13.2 Å². The molecule has 0 saturated heterocycles. The minimum Gasteiger partial charge on any atom is -0.463 e. The molecule has 0 aromatic rings. The first-order chi connectivity index (χ1) is 22.4. The van der Waals surface area contributed by atoms with E-state index in [-0.39, 0.29) is 37.4 Å². The Hall–Kier alpha value is -1.70. The van der Waals surface area contributed by atoms with Crippen LogP contribution in [-0.2, 0) is 19.1 Å². The molecule has 0 aliphatic carbocycles. The monoisotopic (exact) mass is 653 g/mol. The molecule has 0 heterocycles. The number of allylic oxidation sites excluding steroid dienone is 2. The molecule has 0 bridgehead atoms. The standard InChI is InChI=1S/C39H72O7/c1-3-5-7-21-27-35(40)29-23-17-13-9-11-15-19-25-31-38(43)45-33-37(42)34-46-39(44)32-26-20-16-12-10-14-18-24-30-36(41)28-22-8-6-4-2/h17-18,23-24,35-37,40-42H,3-16,19-22,25-34H2,1-2H3/t35-,36-,37?/m1/s1. The molecule has 0 unspecified atom stereocenters. The molecule has 0 amide bonds. The van der Waals surface area contributed by atoms with Gasteiger partial charge in [-0.3, -0.25) is 9.59 Å². The van der Waals surface area contributed by atoms with Gasteiger partial charge in [0.15, 0.2) is 0 Å². The van der Waals surface area contributed by atoms with E-state index in [1.54, 1.807) is 0 Å². The molecule has 2 atom stereocenters. The Morgan fingerprint density at radius 1 is 0.478 bits per heavy atom. The zero-order chi connectivity index (χ0) is 33.9. The Bertz CT molecular complexity index is 676. The molecule has 0 rings (SSSR count). The smallest absolute Gasteiger partial charge is 0.305 e. The molecule has 270 valence electrons. The van der Waals surface area contributed by atoms with Crippen LogP contribution in [0, 0.1) is 0 Å². The number of rotatable bonds is 34. The number of hydrogen-bond donors (Lipinski definition) is 3. The van der Waals surface area contributed by atoms with Crippen LogP contribution < -0.4 is 0 Å². The van der Waals surface area contributed by atoms with Crippen molar-refractivity contribution in [3.63, 3.8) is 0 Å². The van der Waals surface area contributed by atoms with Crippen LogP contribution in [0.4, 0.5) is 0 Å². The van der Waals surface area contributed by atoms with E-state index in [0.29, 0.717) is 12.8 Å². The Morgan fingerprint density at radius 3 is 1.26 bits per heavy atom. The Labute approximate surface area is 282 Å². The van der Waals surface area contributed by atoms with Gasteiger partial charge in [-0.2, -0.15) is 0 Å². The average molecular weight is 653 g/mol. The van der Waals surface area contributed by atoms with Gasteiger partial charge in [-0.15, -0.1) is 0 Å². The molecule has 7 nitrogen and oxygen atoms in total. The van der Waals surface area contributed by atoms with Crippen molar-refractivity contribution in [1.82, 2.24) is 0 Å². The first-order valence-electron chi connectivity index (χ1n) is 19.0. The molecule has 0 saturated carbocycles. The lowest BCUT2D eigenvalue weighted by atomic mass is 10.1. The van der Waals surface area contributed by atoms with Crippen LogP contribution in [0.1, 0.15) is 181 Å². The average Bonchev–Trinajstić information content (AvgIpc) is 3.04. The van der Waals surface area contributed by atoms with Crippen molar-refractivity contribution in [2.24, 2.45) is 0 Å². The van der Waals surface area contributed by atoms with Crippen LogP contribution >= 0.6 is 0 Å². The number of carbonyl (C=O) groups excluding carboxylic acids is 2. The normalized spacial score (nSPS) is 13.8. The lowest BCUT2D eigenvalue weighted by molar-refractivity contribution is -0.152. The Kier molecular flexibility index (Phi) is 33.3. The topological polar surface area (TPSA) is 113 Å². The lowest BCUT2D eigenvalue weighted by Crippen LogP contribution is -2.25. The quantitative estimate of drug-likeness (QED) is 0.0360. The van der Waals surface area contributed by atoms with Gasteiger partial charge in [0.05, 0.1) is 12.2 Å². The second-order valence-corrected chi connectivity index (χ2v) is 13.1. The predicted molar refractivity (Wildman–Crippen MR) is 190 cm³/mol. The van der Waals surface area contributed by atoms with E-state index in [1.807, 2.05) is 0 Å². The summed E-state index contributed by atoms with van der Waals surface area (Å²) in [5, 5.41) is 30.0. The minimum atomic E-state index is -1.00. The van der Waals surface area contributed by atoms with Gasteiger partial charge in [-0.1, -0.05) is 128 Å². The van der Waals surface area contributed by atoms with Crippen molar-refractivity contribution in [3.05, 3.63) is 24.3 Å². The van der Waals surface area contributed by atoms with Gasteiger partial charge in [-0.05, 0) is 64.2 Å². The van der Waals surface area contributed by atoms with E-state index in [0.717, 1.165) is 116 Å². The Morgan fingerprint density at radius 2 is 0.848 bits per heavy atom. The van der Waals surface area contributed by atoms with Gasteiger partial charge in [0.1, 0.15) is 19.3 Å². The van der Waals surface area contributed by atoms with Crippen LogP contribution in [0.3, 0.4) is 0 Å². The summed E-state index contributed by atoms with van der Waals surface area (Å²) < 4.78 is 10.3. The van der Waals surface area contributed by atoms with Crippen molar-refractivity contribution in [2.45, 2.75) is 199 Å². The van der Waals surface area contributed by atoms with E-state index in [9.17, 15) is 24.9 Å². The highest BCUT2D eigenvalue weighted by Crippen LogP contribution is 2.13. The molecule has 3 N–H and O–H groups in total. The van der Waals surface area contributed by atoms with Crippen LogP contribution in [0.2, 0.25) is 0 Å². The molecule has 0 spiro atoms. The van der Waals surface area contributed by atoms with Crippen molar-refractivity contribution in [3.8, 4) is 0 Å². The van der Waals surface area contributed by atoms with Crippen LogP contribution in [0.15, 0.2) is 24.3 Å². The maximum absolute atomic E-state index is 11.9. The summed E-state index contributed by atoms with van der Waals surface area (Å²) in [6.45, 7) is 4.08. The second kappa shape index (κ2) is 34.6. The van der Waals surface area contributed by atoms with E-state index in [2.05, 4.69) is 38.2 Å². The van der Waals surface area contributed by atoms with Crippen molar-refractivity contribution >= 4 is 11.9 Å². The highest BCUT2D eigenvalue weighted by Gasteiger charge is 2.12. The van der Waals surface area contributed by atoms with Gasteiger partial charge in [0.2, 0.25) is 0 Å². The summed E-state index contributed by atoms with van der Waals surface area (Å²) in [6.07, 6.45) is 32.8. The highest BCUT2D eigenvalue weighted by atomic mass is 16.6. The van der Waals surface area contributed by atoms with E-state index < -0.39 is 6.10 Å². The van der Waals surface area contributed by atoms with Crippen molar-refractivity contribution in [1.29, 1.82) is 0 Å². The molecule has 0 aliphatic heterocycles. The summed E-state index contributed by atoms with van der Waals surface area (Å²) in [5.74, 6) is -0.653. The molecular weight excluding hydrogens is 580 g/mol. The maximum Gasteiger partial charge on any atom is 0.305 e. The summed E-state index contributed by atoms with van der Waals surface area (Å²) in [5.41, 5.74) is 0. The summed E-state index contributed by atoms with van der Waals surface area (Å²) in [6, 6.07) is 0. The molecule has 0 aromatic heterocycles. The third kappa shape index (κ3) is 33.7. The number of aliphatic hydroxyl groups is 3. The molecule has 0 fully saturated rings. The third-order valence-corrected chi connectivity index (χ3v) is 8.31. The first-order valence-corrected chi connectivity index (χ1v) is 19.0. The van der Waals surface area contributed by atoms with Crippen molar-refractivity contribution < 1.29 is 34.4 Å². The van der Waals surface area contributed by atoms with Gasteiger partial charge in [-0.25, -0.2) is 0 Å². The molecule has 7 heteroatoms. The predicted octanol–water partition coefficient (Wildman–Crippen LogP) is 9.45. The number of carbonyl (C=O) groups is 2. The molecule has 0 radical (unpaired) electrons. The largest absolute Gasteiger partial charge is 0.463 e. The van der Waals surface area contributed by atoms with E-state index >= 15 is 0 Å². The SMILES string of the molecule is CCCCCC[C@@H](O)CC=CCCCCCCCC(=O)OCC(O)COC(=O)CCCCCCCC=CC[C@H](O)CCCCCC. The number of esters is 2. The molecular formula is C39H72O7. The van der Waals surface area contributed by atoms with E-state index in [4.69, 9.17) is 9.47 Å². The molecule has 0 aliphatic rings. The summed E-state index contributed by atoms with van der Waals surface area (Å²) >= 11 is 0. The molecule has 46 heavy (non-hydrogen) atoms. The third-order valence-electron chi connectivity index (χ3n) is 8.31. The zero-order valence-corrected chi connectivity index (χ0v) is 29.8. The number of ether oxygens (including phenoxy) is 2. The zero-order valence-electron chi connectivity index (χ0n) is 29.8. The fraction of sp³-hybridized carbons (Fsp3) is 0.846. The number of aliphatic hydroxyl groups excluding tert-OH is 3. The second-order valence-electron chi connectivity index (χ2n) is 13.1. The maximum atomic E-state index is 11.9. The fourth-order valence-corrected chi connectivity index (χ4v) is 5.29. The lowest BCUT2D eigenvalue weighted by Gasteiger charge is -2.12. The first kappa shape index (κ1) is 44.3. The minimum absolute atomic E-state index is 0.155. The van der Waals surface area contributed by atoms with Gasteiger partial charge >= 0.3 is 11.9 Å². The fourth-order valence-electron chi connectivity index (χ4n) is 5.29.